The molecule has 0 radical (unpaired) electrons. The van der Waals surface area contributed by atoms with Crippen molar-refractivity contribution in [2.45, 2.75) is 26.2 Å². The molecule has 1 aliphatic heterocycles. The molecule has 0 saturated heterocycles. The molecule has 3 rings (SSSR count). The third-order valence-electron chi connectivity index (χ3n) is 3.85. The number of ether oxygens (including phenoxy) is 2. The molecule has 0 spiro atoms. The molecule has 0 N–H and O–H groups in total. The van der Waals surface area contributed by atoms with Gasteiger partial charge in [0.05, 0.1) is 18.2 Å². The van der Waals surface area contributed by atoms with E-state index in [4.69, 9.17) is 21.1 Å². The standard InChI is InChI=1S/C15H17ClO3/c1-9(10-3-4-10)15(17)11-7-13-14(8-12(11)16)19-6-2-5-18-13/h7-10H,2-6H2,1H3. The van der Waals surface area contributed by atoms with Gasteiger partial charge in [-0.2, -0.15) is 0 Å². The first-order valence-corrected chi connectivity index (χ1v) is 7.18. The number of carbonyl (C=O) groups is 1. The van der Waals surface area contributed by atoms with Gasteiger partial charge in [-0.05, 0) is 24.8 Å². The van der Waals surface area contributed by atoms with Crippen molar-refractivity contribution in [2.75, 3.05) is 13.2 Å². The fourth-order valence-corrected chi connectivity index (χ4v) is 2.68. The minimum atomic E-state index is 0.0437. The summed E-state index contributed by atoms with van der Waals surface area (Å²) in [6.45, 7) is 3.22. The molecular weight excluding hydrogens is 264 g/mol. The summed E-state index contributed by atoms with van der Waals surface area (Å²) in [5.41, 5.74) is 0.560. The summed E-state index contributed by atoms with van der Waals surface area (Å²) in [6, 6.07) is 3.44. The van der Waals surface area contributed by atoms with Gasteiger partial charge in [0.15, 0.2) is 17.3 Å². The first-order valence-electron chi connectivity index (χ1n) is 6.80. The summed E-state index contributed by atoms with van der Waals surface area (Å²) in [6.07, 6.45) is 3.14. The summed E-state index contributed by atoms with van der Waals surface area (Å²) in [5.74, 6) is 1.95. The molecule has 1 atom stereocenters. The van der Waals surface area contributed by atoms with Crippen LogP contribution in [0.5, 0.6) is 11.5 Å². The highest BCUT2D eigenvalue weighted by atomic mass is 35.5. The van der Waals surface area contributed by atoms with Crippen LogP contribution in [0.15, 0.2) is 12.1 Å². The Kier molecular flexibility index (Phi) is 3.40. The van der Waals surface area contributed by atoms with Gasteiger partial charge in [-0.15, -0.1) is 0 Å². The zero-order valence-electron chi connectivity index (χ0n) is 10.9. The highest BCUT2D eigenvalue weighted by molar-refractivity contribution is 6.34. The van der Waals surface area contributed by atoms with Crippen LogP contribution in [0.3, 0.4) is 0 Å². The molecule has 19 heavy (non-hydrogen) atoms. The molecule has 1 fully saturated rings. The Morgan fingerprint density at radius 1 is 1.26 bits per heavy atom. The predicted molar refractivity (Wildman–Crippen MR) is 73.3 cm³/mol. The summed E-state index contributed by atoms with van der Waals surface area (Å²) >= 11 is 6.22. The zero-order chi connectivity index (χ0) is 13.4. The number of fused-ring (bicyclic) bond motifs is 1. The Labute approximate surface area is 117 Å². The highest BCUT2D eigenvalue weighted by Crippen LogP contribution is 2.41. The van der Waals surface area contributed by atoms with Gasteiger partial charge in [0.1, 0.15) is 0 Å². The van der Waals surface area contributed by atoms with E-state index in [9.17, 15) is 4.79 Å². The van der Waals surface area contributed by atoms with E-state index in [1.54, 1.807) is 12.1 Å². The maximum atomic E-state index is 12.4. The fourth-order valence-electron chi connectivity index (χ4n) is 2.43. The van der Waals surface area contributed by atoms with Gasteiger partial charge in [-0.25, -0.2) is 0 Å². The van der Waals surface area contributed by atoms with Gasteiger partial charge >= 0.3 is 0 Å². The summed E-state index contributed by atoms with van der Waals surface area (Å²) in [4.78, 5) is 12.4. The molecule has 0 aromatic heterocycles. The number of hydrogen-bond donors (Lipinski definition) is 0. The van der Waals surface area contributed by atoms with Crippen molar-refractivity contribution in [1.82, 2.24) is 0 Å². The lowest BCUT2D eigenvalue weighted by Crippen LogP contribution is -2.14. The SMILES string of the molecule is CC(C(=O)c1cc2c(cc1Cl)OCCCO2)C1CC1. The van der Waals surface area contributed by atoms with Gasteiger partial charge in [0, 0.05) is 24.0 Å². The van der Waals surface area contributed by atoms with Crippen LogP contribution in [0.4, 0.5) is 0 Å². The Morgan fingerprint density at radius 3 is 2.53 bits per heavy atom. The minimum Gasteiger partial charge on any atom is -0.490 e. The van der Waals surface area contributed by atoms with E-state index in [1.807, 2.05) is 6.92 Å². The van der Waals surface area contributed by atoms with Gasteiger partial charge in [-0.1, -0.05) is 18.5 Å². The van der Waals surface area contributed by atoms with Crippen LogP contribution in [0.1, 0.15) is 36.5 Å². The number of rotatable bonds is 3. The van der Waals surface area contributed by atoms with Crippen LogP contribution in [0.25, 0.3) is 0 Å². The van der Waals surface area contributed by atoms with E-state index < -0.39 is 0 Å². The monoisotopic (exact) mass is 280 g/mol. The second-order valence-electron chi connectivity index (χ2n) is 5.32. The third kappa shape index (κ3) is 2.57. The summed E-state index contributed by atoms with van der Waals surface area (Å²) < 4.78 is 11.2. The number of carbonyl (C=O) groups excluding carboxylic acids is 1. The van der Waals surface area contributed by atoms with Crippen molar-refractivity contribution in [3.8, 4) is 11.5 Å². The molecule has 0 bridgehead atoms. The fraction of sp³-hybridized carbons (Fsp3) is 0.533. The average molecular weight is 281 g/mol. The lowest BCUT2D eigenvalue weighted by Gasteiger charge is -2.14. The normalized spacial score (nSPS) is 19.7. The van der Waals surface area contributed by atoms with Crippen molar-refractivity contribution < 1.29 is 14.3 Å². The van der Waals surface area contributed by atoms with Gasteiger partial charge in [0.25, 0.3) is 0 Å². The van der Waals surface area contributed by atoms with E-state index >= 15 is 0 Å². The molecule has 0 amide bonds. The first-order chi connectivity index (χ1) is 9.16. The topological polar surface area (TPSA) is 35.5 Å². The molecule has 3 nitrogen and oxygen atoms in total. The minimum absolute atomic E-state index is 0.0437. The van der Waals surface area contributed by atoms with Gasteiger partial charge in [0.2, 0.25) is 0 Å². The van der Waals surface area contributed by atoms with E-state index in [2.05, 4.69) is 0 Å². The second-order valence-corrected chi connectivity index (χ2v) is 5.73. The largest absolute Gasteiger partial charge is 0.490 e. The lowest BCUT2D eigenvalue weighted by atomic mass is 9.95. The molecule has 4 heteroatoms. The number of Topliss-reactive ketones (excluding diaryl/α,β-unsaturated/α-hetero) is 1. The number of ketones is 1. The second kappa shape index (κ2) is 5.04. The van der Waals surface area contributed by atoms with Gasteiger partial charge < -0.3 is 9.47 Å². The van der Waals surface area contributed by atoms with E-state index in [1.165, 1.54) is 0 Å². The van der Waals surface area contributed by atoms with Crippen molar-refractivity contribution in [2.24, 2.45) is 11.8 Å². The Balaban J connectivity index is 1.92. The highest BCUT2D eigenvalue weighted by Gasteiger charge is 2.34. The molecule has 1 saturated carbocycles. The number of benzene rings is 1. The van der Waals surface area contributed by atoms with E-state index in [-0.39, 0.29) is 11.7 Å². The third-order valence-corrected chi connectivity index (χ3v) is 4.16. The quantitative estimate of drug-likeness (QED) is 0.792. The van der Waals surface area contributed by atoms with Crippen molar-refractivity contribution in [1.29, 1.82) is 0 Å². The number of hydrogen-bond acceptors (Lipinski definition) is 3. The lowest BCUT2D eigenvalue weighted by molar-refractivity contribution is 0.0916. The molecule has 102 valence electrons. The van der Waals surface area contributed by atoms with Crippen LogP contribution in [-0.2, 0) is 0 Å². The van der Waals surface area contributed by atoms with Crippen LogP contribution in [0.2, 0.25) is 5.02 Å². The zero-order valence-corrected chi connectivity index (χ0v) is 11.7. The molecule has 1 unspecified atom stereocenters. The van der Waals surface area contributed by atoms with Crippen LogP contribution >= 0.6 is 11.6 Å². The summed E-state index contributed by atoms with van der Waals surface area (Å²) in [7, 11) is 0. The molecule has 1 aromatic carbocycles. The Bertz CT molecular complexity index is 508. The van der Waals surface area contributed by atoms with Crippen LogP contribution in [-0.4, -0.2) is 19.0 Å². The molecular formula is C15H17ClO3. The average Bonchev–Trinajstić information content (AvgIpc) is 3.23. The Hall–Kier alpha value is -1.22. The summed E-state index contributed by atoms with van der Waals surface area (Å²) in [5, 5.41) is 0.460. The van der Waals surface area contributed by atoms with Crippen molar-refractivity contribution in [3.63, 3.8) is 0 Å². The van der Waals surface area contributed by atoms with E-state index in [0.717, 1.165) is 19.3 Å². The number of halogens is 1. The van der Waals surface area contributed by atoms with Crippen molar-refractivity contribution >= 4 is 17.4 Å². The van der Waals surface area contributed by atoms with Crippen molar-refractivity contribution in [3.05, 3.63) is 22.7 Å². The van der Waals surface area contributed by atoms with Gasteiger partial charge in [-0.3, -0.25) is 4.79 Å². The Morgan fingerprint density at radius 2 is 1.89 bits per heavy atom. The predicted octanol–water partition coefficient (Wildman–Crippen LogP) is 3.73. The smallest absolute Gasteiger partial charge is 0.167 e. The molecule has 1 aliphatic carbocycles. The maximum Gasteiger partial charge on any atom is 0.167 e. The van der Waals surface area contributed by atoms with Crippen LogP contribution < -0.4 is 9.47 Å². The van der Waals surface area contributed by atoms with E-state index in [0.29, 0.717) is 41.2 Å². The molecule has 1 heterocycles. The first kappa shape index (κ1) is 12.8. The maximum absolute atomic E-state index is 12.4. The van der Waals surface area contributed by atoms with Crippen LogP contribution in [0, 0.1) is 11.8 Å². The molecule has 1 aromatic rings. The molecule has 2 aliphatic rings.